The van der Waals surface area contributed by atoms with Crippen LogP contribution in [0, 0.1) is 0 Å². The highest BCUT2D eigenvalue weighted by atomic mass is 79.9. The molecule has 21 heavy (non-hydrogen) atoms. The number of rotatable bonds is 4. The van der Waals surface area contributed by atoms with Gasteiger partial charge in [-0.3, -0.25) is 4.79 Å². The number of hydrogen-bond acceptors (Lipinski definition) is 4. The molecule has 0 N–H and O–H groups in total. The molecule has 6 heteroatoms. The van der Waals surface area contributed by atoms with Crippen LogP contribution in [-0.4, -0.2) is 20.0 Å². The Hall–Kier alpha value is -0.980. The molecule has 3 rings (SSSR count). The summed E-state index contributed by atoms with van der Waals surface area (Å²) in [4.78, 5) is 12.8. The Morgan fingerprint density at radius 3 is 2.62 bits per heavy atom. The second kappa shape index (κ2) is 5.66. The molecule has 110 valence electrons. The fourth-order valence-corrected chi connectivity index (χ4v) is 5.21. The largest absolute Gasteiger partial charge is 0.292 e. The molecule has 0 saturated carbocycles. The molecule has 1 heterocycles. The minimum atomic E-state index is -3.58. The zero-order valence-corrected chi connectivity index (χ0v) is 14.4. The van der Waals surface area contributed by atoms with Gasteiger partial charge in [-0.25, -0.2) is 8.42 Å². The second-order valence-electron chi connectivity index (χ2n) is 5.07. The van der Waals surface area contributed by atoms with Crippen molar-refractivity contribution >= 4 is 42.9 Å². The van der Waals surface area contributed by atoms with Crippen LogP contribution in [-0.2, 0) is 22.7 Å². The van der Waals surface area contributed by atoms with E-state index in [4.69, 9.17) is 0 Å². The zero-order chi connectivity index (χ0) is 15.0. The number of aryl methyl sites for hydroxylation is 2. The molecule has 3 nitrogen and oxygen atoms in total. The lowest BCUT2D eigenvalue weighted by Gasteiger charge is -2.06. The van der Waals surface area contributed by atoms with Crippen molar-refractivity contribution in [1.29, 1.82) is 0 Å². The lowest BCUT2D eigenvalue weighted by molar-refractivity contribution is 0.102. The summed E-state index contributed by atoms with van der Waals surface area (Å²) in [6.45, 7) is 0. The van der Waals surface area contributed by atoms with Crippen LogP contribution in [0.4, 0.5) is 0 Å². The molecular weight excluding hydrogens is 372 g/mol. The van der Waals surface area contributed by atoms with Crippen LogP contribution in [0.15, 0.2) is 39.0 Å². The average molecular weight is 385 g/mol. The van der Waals surface area contributed by atoms with E-state index >= 15 is 0 Å². The van der Waals surface area contributed by atoms with Crippen LogP contribution in [0.2, 0.25) is 0 Å². The van der Waals surface area contributed by atoms with Gasteiger partial charge in [0.1, 0.15) is 5.75 Å². The number of fused-ring (bicyclic) bond motifs is 1. The van der Waals surface area contributed by atoms with E-state index in [9.17, 15) is 13.2 Å². The maximum atomic E-state index is 12.4. The Balaban J connectivity index is 1.85. The van der Waals surface area contributed by atoms with Crippen molar-refractivity contribution in [1.82, 2.24) is 0 Å². The van der Waals surface area contributed by atoms with Gasteiger partial charge in [0.15, 0.2) is 15.6 Å². The summed E-state index contributed by atoms with van der Waals surface area (Å²) in [5.74, 6) is -0.829. The fraction of sp³-hybridized carbons (Fsp3) is 0.267. The van der Waals surface area contributed by atoms with Crippen LogP contribution in [0.1, 0.15) is 27.2 Å². The maximum Gasteiger partial charge on any atom is 0.188 e. The molecule has 1 aromatic carbocycles. The highest BCUT2D eigenvalue weighted by molar-refractivity contribution is 9.11. The molecule has 0 spiro atoms. The lowest BCUT2D eigenvalue weighted by atomic mass is 10.1. The first-order chi connectivity index (χ1) is 9.95. The first-order valence-electron chi connectivity index (χ1n) is 6.59. The summed E-state index contributed by atoms with van der Waals surface area (Å²) in [6, 6.07) is 8.63. The van der Waals surface area contributed by atoms with E-state index in [2.05, 4.69) is 15.9 Å². The number of thiophene rings is 1. The van der Waals surface area contributed by atoms with Crippen LogP contribution >= 0.6 is 27.3 Å². The predicted molar refractivity (Wildman–Crippen MR) is 86.9 cm³/mol. The van der Waals surface area contributed by atoms with Crippen LogP contribution in [0.25, 0.3) is 0 Å². The molecule has 1 aromatic heterocycles. The lowest BCUT2D eigenvalue weighted by Crippen LogP contribution is -2.15. The monoisotopic (exact) mass is 384 g/mol. The molecule has 0 fully saturated rings. The molecule has 0 amide bonds. The Kier molecular flexibility index (Phi) is 4.03. The zero-order valence-electron chi connectivity index (χ0n) is 11.1. The van der Waals surface area contributed by atoms with Gasteiger partial charge in [-0.2, -0.15) is 0 Å². The predicted octanol–water partition coefficient (Wildman–Crippen LogP) is 3.66. The average Bonchev–Trinajstić information content (AvgIpc) is 3.05. The minimum absolute atomic E-state index is 0.257. The molecule has 1 aliphatic rings. The Bertz CT molecular complexity index is 806. The number of halogens is 1. The SMILES string of the molecule is O=C(CS(=O)(=O)c1ccc2c(c1)CCC2)c1ccc(Br)s1. The van der Waals surface area contributed by atoms with Gasteiger partial charge < -0.3 is 0 Å². The van der Waals surface area contributed by atoms with Gasteiger partial charge >= 0.3 is 0 Å². The van der Waals surface area contributed by atoms with Crippen molar-refractivity contribution in [3.63, 3.8) is 0 Å². The summed E-state index contributed by atoms with van der Waals surface area (Å²) < 4.78 is 25.6. The van der Waals surface area contributed by atoms with Crippen LogP contribution < -0.4 is 0 Å². The molecule has 0 bridgehead atoms. The van der Waals surface area contributed by atoms with Crippen molar-refractivity contribution in [3.8, 4) is 0 Å². The molecular formula is C15H13BrO3S2. The van der Waals surface area contributed by atoms with E-state index < -0.39 is 15.6 Å². The number of benzene rings is 1. The number of Topliss-reactive ketones (excluding diaryl/α,β-unsaturated/α-hetero) is 1. The molecule has 1 aliphatic carbocycles. The van der Waals surface area contributed by atoms with Crippen molar-refractivity contribution in [3.05, 3.63) is 50.1 Å². The van der Waals surface area contributed by atoms with E-state index in [0.717, 1.165) is 28.6 Å². The quantitative estimate of drug-likeness (QED) is 0.755. The molecule has 0 radical (unpaired) electrons. The van der Waals surface area contributed by atoms with Crippen molar-refractivity contribution in [2.45, 2.75) is 24.2 Å². The van der Waals surface area contributed by atoms with E-state index in [1.54, 1.807) is 24.3 Å². The second-order valence-corrected chi connectivity index (χ2v) is 9.52. The van der Waals surface area contributed by atoms with Gasteiger partial charge in [-0.05, 0) is 70.6 Å². The minimum Gasteiger partial charge on any atom is -0.292 e. The number of ketones is 1. The standard InChI is InChI=1S/C15H13BrO3S2/c16-15-7-6-14(20-15)13(17)9-21(18,19)12-5-4-10-2-1-3-11(10)8-12/h4-8H,1-3,9H2. The fourth-order valence-electron chi connectivity index (χ4n) is 2.53. The molecule has 0 unspecified atom stereocenters. The third kappa shape index (κ3) is 3.12. The summed E-state index contributed by atoms with van der Waals surface area (Å²) >= 11 is 4.53. The number of carbonyl (C=O) groups is 1. The number of sulfone groups is 1. The Morgan fingerprint density at radius 2 is 1.90 bits per heavy atom. The molecule has 2 aromatic rings. The van der Waals surface area contributed by atoms with Gasteiger partial charge in [0.2, 0.25) is 0 Å². The van der Waals surface area contributed by atoms with Gasteiger partial charge in [0, 0.05) is 0 Å². The summed E-state index contributed by atoms with van der Waals surface area (Å²) in [5.41, 5.74) is 2.32. The molecule has 0 atom stereocenters. The van der Waals surface area contributed by atoms with Crippen LogP contribution in [0.3, 0.4) is 0 Å². The van der Waals surface area contributed by atoms with Crippen LogP contribution in [0.5, 0.6) is 0 Å². The Labute approximate surface area is 136 Å². The highest BCUT2D eigenvalue weighted by Crippen LogP contribution is 2.27. The molecule has 0 aliphatic heterocycles. The van der Waals surface area contributed by atoms with Gasteiger partial charge in [-0.1, -0.05) is 6.07 Å². The third-order valence-electron chi connectivity index (χ3n) is 3.60. The van der Waals surface area contributed by atoms with Crippen molar-refractivity contribution in [2.24, 2.45) is 0 Å². The summed E-state index contributed by atoms with van der Waals surface area (Å²) in [6.07, 6.45) is 3.00. The highest BCUT2D eigenvalue weighted by Gasteiger charge is 2.23. The van der Waals surface area contributed by atoms with E-state index in [-0.39, 0.29) is 10.7 Å². The summed E-state index contributed by atoms with van der Waals surface area (Å²) in [7, 11) is -3.58. The third-order valence-corrected chi connectivity index (χ3v) is 6.88. The normalized spacial score (nSPS) is 14.1. The topological polar surface area (TPSA) is 51.2 Å². The van der Waals surface area contributed by atoms with Gasteiger partial charge in [-0.15, -0.1) is 11.3 Å². The van der Waals surface area contributed by atoms with Gasteiger partial charge in [0.05, 0.1) is 13.6 Å². The van der Waals surface area contributed by atoms with Crippen molar-refractivity contribution < 1.29 is 13.2 Å². The van der Waals surface area contributed by atoms with E-state index in [1.807, 2.05) is 6.07 Å². The first kappa shape index (κ1) is 14.9. The first-order valence-corrected chi connectivity index (χ1v) is 9.85. The van der Waals surface area contributed by atoms with Gasteiger partial charge in [0.25, 0.3) is 0 Å². The number of hydrogen-bond donors (Lipinski definition) is 0. The van der Waals surface area contributed by atoms with Crippen molar-refractivity contribution in [2.75, 3.05) is 5.75 Å². The van der Waals surface area contributed by atoms with E-state index in [1.165, 1.54) is 16.9 Å². The molecule has 0 saturated heterocycles. The maximum absolute atomic E-state index is 12.4. The smallest absolute Gasteiger partial charge is 0.188 e. The Morgan fingerprint density at radius 1 is 1.14 bits per heavy atom. The summed E-state index contributed by atoms with van der Waals surface area (Å²) in [5, 5.41) is 0. The number of carbonyl (C=O) groups excluding carboxylic acids is 1. The van der Waals surface area contributed by atoms with E-state index in [0.29, 0.717) is 4.88 Å².